The molecular formula is C11H13F4N. The van der Waals surface area contributed by atoms with E-state index < -0.39 is 18.0 Å². The maximum atomic E-state index is 12.8. The van der Waals surface area contributed by atoms with Crippen molar-refractivity contribution < 1.29 is 17.6 Å². The van der Waals surface area contributed by atoms with E-state index in [0.29, 0.717) is 5.56 Å². The van der Waals surface area contributed by atoms with E-state index in [4.69, 9.17) is 0 Å². The van der Waals surface area contributed by atoms with Gasteiger partial charge in [-0.25, -0.2) is 4.39 Å². The van der Waals surface area contributed by atoms with E-state index in [-0.39, 0.29) is 13.0 Å². The lowest BCUT2D eigenvalue weighted by Crippen LogP contribution is -2.43. The zero-order valence-corrected chi connectivity index (χ0v) is 8.81. The molecule has 0 saturated heterocycles. The molecule has 0 aromatic heterocycles. The molecule has 1 rings (SSSR count). The molecule has 1 atom stereocenters. The summed E-state index contributed by atoms with van der Waals surface area (Å²) < 4.78 is 50.4. The molecule has 0 fully saturated rings. The van der Waals surface area contributed by atoms with Gasteiger partial charge in [0.25, 0.3) is 0 Å². The first-order valence-corrected chi connectivity index (χ1v) is 4.98. The van der Waals surface area contributed by atoms with Gasteiger partial charge in [-0.3, -0.25) is 0 Å². The van der Waals surface area contributed by atoms with Crippen molar-refractivity contribution in [3.8, 4) is 0 Å². The minimum absolute atomic E-state index is 0.222. The van der Waals surface area contributed by atoms with Crippen molar-refractivity contribution in [1.82, 2.24) is 5.32 Å². The Bertz CT molecular complexity index is 335. The van der Waals surface area contributed by atoms with Crippen LogP contribution >= 0.6 is 0 Å². The van der Waals surface area contributed by atoms with E-state index in [1.807, 2.05) is 0 Å². The minimum Gasteiger partial charge on any atom is -0.306 e. The number of rotatable bonds is 4. The smallest absolute Gasteiger partial charge is 0.306 e. The lowest BCUT2D eigenvalue weighted by atomic mass is 10.1. The van der Waals surface area contributed by atoms with Crippen LogP contribution in [0.3, 0.4) is 0 Å². The van der Waals surface area contributed by atoms with E-state index >= 15 is 0 Å². The van der Waals surface area contributed by atoms with Crippen LogP contribution in [-0.2, 0) is 6.42 Å². The normalized spacial score (nSPS) is 13.8. The van der Waals surface area contributed by atoms with E-state index in [9.17, 15) is 17.6 Å². The number of hydrogen-bond acceptors (Lipinski definition) is 1. The molecule has 1 nitrogen and oxygen atoms in total. The van der Waals surface area contributed by atoms with Gasteiger partial charge in [-0.05, 0) is 30.7 Å². The van der Waals surface area contributed by atoms with Crippen LogP contribution in [0.5, 0.6) is 0 Å². The second-order valence-corrected chi connectivity index (χ2v) is 3.49. The molecule has 16 heavy (non-hydrogen) atoms. The van der Waals surface area contributed by atoms with Crippen LogP contribution in [0.4, 0.5) is 17.6 Å². The van der Waals surface area contributed by atoms with Crippen LogP contribution in [-0.4, -0.2) is 18.8 Å². The fraction of sp³-hybridized carbons (Fsp3) is 0.455. The second-order valence-electron chi connectivity index (χ2n) is 3.49. The highest BCUT2D eigenvalue weighted by Crippen LogP contribution is 2.23. The summed E-state index contributed by atoms with van der Waals surface area (Å²) in [4.78, 5) is 0. The number of benzene rings is 1. The Hall–Kier alpha value is -1.10. The molecule has 1 unspecified atom stereocenters. The highest BCUT2D eigenvalue weighted by molar-refractivity contribution is 5.17. The van der Waals surface area contributed by atoms with Gasteiger partial charge >= 0.3 is 6.18 Å². The average molecular weight is 235 g/mol. The van der Waals surface area contributed by atoms with Crippen LogP contribution in [0.2, 0.25) is 0 Å². The topological polar surface area (TPSA) is 12.0 Å². The van der Waals surface area contributed by atoms with Gasteiger partial charge in [0.2, 0.25) is 0 Å². The van der Waals surface area contributed by atoms with Gasteiger partial charge in [0.15, 0.2) is 0 Å². The molecule has 0 bridgehead atoms. The van der Waals surface area contributed by atoms with Crippen molar-refractivity contribution in [3.63, 3.8) is 0 Å². The summed E-state index contributed by atoms with van der Waals surface area (Å²) in [5, 5.41) is 2.34. The van der Waals surface area contributed by atoms with Crippen LogP contribution in [0.1, 0.15) is 12.5 Å². The Balaban J connectivity index is 2.76. The third-order valence-corrected chi connectivity index (χ3v) is 2.17. The van der Waals surface area contributed by atoms with Crippen molar-refractivity contribution in [2.24, 2.45) is 0 Å². The Labute approximate surface area is 91.5 Å². The van der Waals surface area contributed by atoms with Crippen LogP contribution in [0.25, 0.3) is 0 Å². The Morgan fingerprint density at radius 2 is 2.00 bits per heavy atom. The fourth-order valence-electron chi connectivity index (χ4n) is 1.45. The summed E-state index contributed by atoms with van der Waals surface area (Å²) in [7, 11) is 0. The molecular weight excluding hydrogens is 222 g/mol. The SMILES string of the molecule is CCNC(Cc1cccc(F)c1)C(F)(F)F. The number of alkyl halides is 3. The molecule has 5 heteroatoms. The molecule has 0 heterocycles. The summed E-state index contributed by atoms with van der Waals surface area (Å²) in [5.41, 5.74) is 0.336. The molecule has 90 valence electrons. The average Bonchev–Trinajstić information content (AvgIpc) is 2.16. The molecule has 0 aliphatic rings. The molecule has 0 aliphatic heterocycles. The molecule has 0 radical (unpaired) electrons. The molecule has 0 aliphatic carbocycles. The summed E-state index contributed by atoms with van der Waals surface area (Å²) in [6.45, 7) is 1.82. The zero-order valence-electron chi connectivity index (χ0n) is 8.81. The fourth-order valence-corrected chi connectivity index (χ4v) is 1.45. The first-order valence-electron chi connectivity index (χ1n) is 4.98. The highest BCUT2D eigenvalue weighted by Gasteiger charge is 2.38. The molecule has 1 aromatic rings. The van der Waals surface area contributed by atoms with E-state index in [0.717, 1.165) is 6.07 Å². The summed E-state index contributed by atoms with van der Waals surface area (Å²) in [6, 6.07) is 3.60. The molecule has 0 amide bonds. The number of hydrogen-bond donors (Lipinski definition) is 1. The van der Waals surface area contributed by atoms with Crippen molar-refractivity contribution in [1.29, 1.82) is 0 Å². The maximum Gasteiger partial charge on any atom is 0.404 e. The molecule has 0 spiro atoms. The quantitative estimate of drug-likeness (QED) is 0.791. The van der Waals surface area contributed by atoms with Crippen molar-refractivity contribution in [2.45, 2.75) is 25.6 Å². The van der Waals surface area contributed by atoms with Gasteiger partial charge in [0.1, 0.15) is 11.9 Å². The van der Waals surface area contributed by atoms with Gasteiger partial charge in [0, 0.05) is 0 Å². The summed E-state index contributed by atoms with van der Waals surface area (Å²) in [6.07, 6.45) is -4.57. The van der Waals surface area contributed by atoms with Crippen LogP contribution in [0.15, 0.2) is 24.3 Å². The Morgan fingerprint density at radius 1 is 1.31 bits per heavy atom. The van der Waals surface area contributed by atoms with Crippen molar-refractivity contribution in [3.05, 3.63) is 35.6 Å². The third kappa shape index (κ3) is 3.81. The predicted molar refractivity (Wildman–Crippen MR) is 53.6 cm³/mol. The predicted octanol–water partition coefficient (Wildman–Crippen LogP) is 2.91. The molecule has 0 saturated carbocycles. The molecule has 1 N–H and O–H groups in total. The Morgan fingerprint density at radius 3 is 2.50 bits per heavy atom. The van der Waals surface area contributed by atoms with Gasteiger partial charge in [0.05, 0.1) is 0 Å². The van der Waals surface area contributed by atoms with Crippen molar-refractivity contribution >= 4 is 0 Å². The minimum atomic E-state index is -4.32. The second kappa shape index (κ2) is 5.30. The number of nitrogens with one attached hydrogen (secondary N) is 1. The highest BCUT2D eigenvalue weighted by atomic mass is 19.4. The maximum absolute atomic E-state index is 12.8. The zero-order chi connectivity index (χ0) is 12.2. The van der Waals surface area contributed by atoms with E-state index in [1.54, 1.807) is 6.92 Å². The van der Waals surface area contributed by atoms with Gasteiger partial charge in [-0.1, -0.05) is 19.1 Å². The monoisotopic (exact) mass is 235 g/mol. The summed E-state index contributed by atoms with van der Waals surface area (Å²) >= 11 is 0. The van der Waals surface area contributed by atoms with Crippen molar-refractivity contribution in [2.75, 3.05) is 6.54 Å². The van der Waals surface area contributed by atoms with E-state index in [2.05, 4.69) is 5.32 Å². The third-order valence-electron chi connectivity index (χ3n) is 2.17. The summed E-state index contributed by atoms with van der Waals surface area (Å²) in [5.74, 6) is -0.519. The Kier molecular flexibility index (Phi) is 4.29. The van der Waals surface area contributed by atoms with Crippen LogP contribution < -0.4 is 5.32 Å². The largest absolute Gasteiger partial charge is 0.404 e. The number of likely N-dealkylation sites (N-methyl/N-ethyl adjacent to an activating group) is 1. The van der Waals surface area contributed by atoms with Gasteiger partial charge < -0.3 is 5.32 Å². The van der Waals surface area contributed by atoms with Gasteiger partial charge in [-0.2, -0.15) is 13.2 Å². The first-order chi connectivity index (χ1) is 7.43. The lowest BCUT2D eigenvalue weighted by molar-refractivity contribution is -0.155. The molecule has 1 aromatic carbocycles. The number of halogens is 4. The van der Waals surface area contributed by atoms with Crippen LogP contribution in [0, 0.1) is 5.82 Å². The lowest BCUT2D eigenvalue weighted by Gasteiger charge is -2.21. The standard InChI is InChI=1S/C11H13F4N/c1-2-16-10(11(13,14)15)7-8-4-3-5-9(12)6-8/h3-6,10,16H,2,7H2,1H3. The first kappa shape index (κ1) is 13.0. The van der Waals surface area contributed by atoms with Gasteiger partial charge in [-0.15, -0.1) is 0 Å². The van der Waals surface area contributed by atoms with E-state index in [1.165, 1.54) is 18.2 Å².